The molecule has 0 radical (unpaired) electrons. The predicted octanol–water partition coefficient (Wildman–Crippen LogP) is 3.28. The van der Waals surface area contributed by atoms with Gasteiger partial charge in [0.1, 0.15) is 0 Å². The number of aromatic amines is 1. The molecule has 0 unspecified atom stereocenters. The van der Waals surface area contributed by atoms with Gasteiger partial charge in [-0.2, -0.15) is 5.10 Å². The molecule has 3 nitrogen and oxygen atoms in total. The number of dihydropyridines is 1. The minimum absolute atomic E-state index is 0.942. The Kier molecular flexibility index (Phi) is 2.33. The molecule has 0 bridgehead atoms. The summed E-state index contributed by atoms with van der Waals surface area (Å²) < 4.78 is 0. The summed E-state index contributed by atoms with van der Waals surface area (Å²) in [5, 5.41) is 11.4. The van der Waals surface area contributed by atoms with Gasteiger partial charge in [-0.15, -0.1) is 0 Å². The van der Waals surface area contributed by atoms with Crippen LogP contribution in [0.5, 0.6) is 0 Å². The fourth-order valence-electron chi connectivity index (χ4n) is 2.44. The summed E-state index contributed by atoms with van der Waals surface area (Å²) >= 11 is 0. The number of allylic oxidation sites excluding steroid dienone is 3. The SMILES string of the molecule is C=C1NC=CC(C)=C1c1cc(C)c2[nH]ncc2c1. The van der Waals surface area contributed by atoms with Gasteiger partial charge >= 0.3 is 0 Å². The maximum absolute atomic E-state index is 4.09. The van der Waals surface area contributed by atoms with Crippen molar-refractivity contribution in [3.05, 3.63) is 59.6 Å². The molecule has 0 atom stereocenters. The first kappa shape index (κ1) is 10.8. The smallest absolute Gasteiger partial charge is 0.0679 e. The fourth-order valence-corrected chi connectivity index (χ4v) is 2.44. The zero-order valence-electron chi connectivity index (χ0n) is 10.5. The first-order chi connectivity index (χ1) is 8.66. The second-order valence-electron chi connectivity index (χ2n) is 4.64. The molecule has 0 amide bonds. The molecule has 0 spiro atoms. The molecule has 1 aliphatic heterocycles. The minimum atomic E-state index is 0.942. The van der Waals surface area contributed by atoms with E-state index in [4.69, 9.17) is 0 Å². The predicted molar refractivity (Wildman–Crippen MR) is 74.8 cm³/mol. The van der Waals surface area contributed by atoms with Crippen LogP contribution in [0.1, 0.15) is 18.1 Å². The zero-order chi connectivity index (χ0) is 12.7. The standard InChI is InChI=1S/C15H15N3/c1-9-4-5-16-11(3)14(9)12-6-10(2)15-13(7-12)8-17-18-15/h4-8,16H,3H2,1-2H3,(H,17,18). The van der Waals surface area contributed by atoms with E-state index in [2.05, 4.69) is 54.1 Å². The van der Waals surface area contributed by atoms with Crippen molar-refractivity contribution in [1.29, 1.82) is 0 Å². The van der Waals surface area contributed by atoms with Crippen molar-refractivity contribution in [3.8, 4) is 0 Å². The lowest BCUT2D eigenvalue weighted by Crippen LogP contribution is -2.10. The molecule has 1 aromatic carbocycles. The van der Waals surface area contributed by atoms with E-state index in [1.54, 1.807) is 0 Å². The zero-order valence-corrected chi connectivity index (χ0v) is 10.5. The average Bonchev–Trinajstić information content (AvgIpc) is 2.77. The van der Waals surface area contributed by atoms with Gasteiger partial charge in [0.05, 0.1) is 11.7 Å². The van der Waals surface area contributed by atoms with Crippen molar-refractivity contribution in [1.82, 2.24) is 15.5 Å². The first-order valence-electron chi connectivity index (χ1n) is 5.94. The van der Waals surface area contributed by atoms with Gasteiger partial charge < -0.3 is 5.32 Å². The third-order valence-corrected chi connectivity index (χ3v) is 3.32. The Morgan fingerprint density at radius 2 is 2.06 bits per heavy atom. The summed E-state index contributed by atoms with van der Waals surface area (Å²) in [5.41, 5.74) is 6.81. The Hall–Kier alpha value is -2.29. The Morgan fingerprint density at radius 3 is 2.83 bits per heavy atom. The van der Waals surface area contributed by atoms with Gasteiger partial charge in [-0.25, -0.2) is 0 Å². The highest BCUT2D eigenvalue weighted by Gasteiger charge is 2.13. The van der Waals surface area contributed by atoms with Gasteiger partial charge in [0.2, 0.25) is 0 Å². The molecule has 1 aliphatic rings. The highest BCUT2D eigenvalue weighted by Crippen LogP contribution is 2.30. The molecule has 0 saturated heterocycles. The highest BCUT2D eigenvalue weighted by molar-refractivity contribution is 5.90. The van der Waals surface area contributed by atoms with Gasteiger partial charge in [0.25, 0.3) is 0 Å². The van der Waals surface area contributed by atoms with Gasteiger partial charge in [-0.3, -0.25) is 5.10 Å². The van der Waals surface area contributed by atoms with Crippen LogP contribution in [0.25, 0.3) is 16.5 Å². The van der Waals surface area contributed by atoms with Gasteiger partial charge in [0.15, 0.2) is 0 Å². The Balaban J connectivity index is 2.25. The fraction of sp³-hybridized carbons (Fsp3) is 0.133. The van der Waals surface area contributed by atoms with E-state index in [1.807, 2.05) is 12.4 Å². The van der Waals surface area contributed by atoms with E-state index >= 15 is 0 Å². The van der Waals surface area contributed by atoms with Crippen molar-refractivity contribution < 1.29 is 0 Å². The van der Waals surface area contributed by atoms with Gasteiger partial charge in [-0.05, 0) is 48.8 Å². The molecule has 2 heterocycles. The normalized spacial score (nSPS) is 15.3. The minimum Gasteiger partial charge on any atom is -0.362 e. The summed E-state index contributed by atoms with van der Waals surface area (Å²) in [6, 6.07) is 4.32. The number of fused-ring (bicyclic) bond motifs is 1. The van der Waals surface area contributed by atoms with E-state index in [0.29, 0.717) is 0 Å². The second-order valence-corrected chi connectivity index (χ2v) is 4.64. The molecule has 1 aromatic heterocycles. The molecular formula is C15H15N3. The number of hydrogen-bond acceptors (Lipinski definition) is 2. The van der Waals surface area contributed by atoms with Crippen LogP contribution in [0.3, 0.4) is 0 Å². The molecule has 0 aliphatic carbocycles. The number of aryl methyl sites for hydroxylation is 1. The highest BCUT2D eigenvalue weighted by atomic mass is 15.1. The Bertz CT molecular complexity index is 702. The number of nitrogens with zero attached hydrogens (tertiary/aromatic N) is 1. The van der Waals surface area contributed by atoms with Crippen molar-refractivity contribution in [2.24, 2.45) is 0 Å². The number of H-pyrrole nitrogens is 1. The number of aromatic nitrogens is 2. The molecule has 2 aromatic rings. The molecule has 0 saturated carbocycles. The lowest BCUT2D eigenvalue weighted by Gasteiger charge is -2.18. The summed E-state index contributed by atoms with van der Waals surface area (Å²) in [5.74, 6) is 0. The molecule has 3 heteroatoms. The van der Waals surface area contributed by atoms with Crippen LogP contribution in [0.15, 0.2) is 48.5 Å². The largest absolute Gasteiger partial charge is 0.362 e. The Labute approximate surface area is 106 Å². The van der Waals surface area contributed by atoms with Crippen molar-refractivity contribution in [3.63, 3.8) is 0 Å². The quantitative estimate of drug-likeness (QED) is 0.799. The summed E-state index contributed by atoms with van der Waals surface area (Å²) in [6.07, 6.45) is 5.85. The first-order valence-corrected chi connectivity index (χ1v) is 5.94. The number of rotatable bonds is 1. The molecule has 2 N–H and O–H groups in total. The molecule has 3 rings (SSSR count). The van der Waals surface area contributed by atoms with Crippen LogP contribution in [0, 0.1) is 6.92 Å². The van der Waals surface area contributed by atoms with Gasteiger partial charge in [0, 0.05) is 22.9 Å². The van der Waals surface area contributed by atoms with E-state index in [0.717, 1.165) is 16.6 Å². The maximum atomic E-state index is 4.09. The number of benzene rings is 1. The summed E-state index contributed by atoms with van der Waals surface area (Å²) in [4.78, 5) is 0. The lowest BCUT2D eigenvalue weighted by molar-refractivity contribution is 1.10. The van der Waals surface area contributed by atoms with Crippen LogP contribution >= 0.6 is 0 Å². The van der Waals surface area contributed by atoms with Crippen molar-refractivity contribution >= 4 is 16.5 Å². The van der Waals surface area contributed by atoms with Crippen LogP contribution in [0.4, 0.5) is 0 Å². The average molecular weight is 237 g/mol. The van der Waals surface area contributed by atoms with Crippen LogP contribution in [0.2, 0.25) is 0 Å². The monoisotopic (exact) mass is 237 g/mol. The number of nitrogens with one attached hydrogen (secondary N) is 2. The van der Waals surface area contributed by atoms with E-state index in [-0.39, 0.29) is 0 Å². The van der Waals surface area contributed by atoms with E-state index in [1.165, 1.54) is 22.3 Å². The third kappa shape index (κ3) is 1.56. The summed E-state index contributed by atoms with van der Waals surface area (Å²) in [6.45, 7) is 8.27. The van der Waals surface area contributed by atoms with E-state index < -0.39 is 0 Å². The molecular weight excluding hydrogens is 222 g/mol. The van der Waals surface area contributed by atoms with Crippen LogP contribution in [-0.2, 0) is 0 Å². The molecule has 18 heavy (non-hydrogen) atoms. The Morgan fingerprint density at radius 1 is 1.22 bits per heavy atom. The molecule has 90 valence electrons. The number of hydrogen-bond donors (Lipinski definition) is 2. The maximum Gasteiger partial charge on any atom is 0.0679 e. The summed E-state index contributed by atoms with van der Waals surface area (Å²) in [7, 11) is 0. The lowest BCUT2D eigenvalue weighted by atomic mass is 9.94. The second kappa shape index (κ2) is 3.88. The topological polar surface area (TPSA) is 40.7 Å². The van der Waals surface area contributed by atoms with E-state index in [9.17, 15) is 0 Å². The van der Waals surface area contributed by atoms with Crippen molar-refractivity contribution in [2.75, 3.05) is 0 Å². The van der Waals surface area contributed by atoms with Crippen LogP contribution in [-0.4, -0.2) is 10.2 Å². The van der Waals surface area contributed by atoms with Gasteiger partial charge in [-0.1, -0.05) is 6.58 Å². The van der Waals surface area contributed by atoms with Crippen molar-refractivity contribution in [2.45, 2.75) is 13.8 Å². The van der Waals surface area contributed by atoms with Crippen LogP contribution < -0.4 is 5.32 Å². The molecule has 0 fully saturated rings. The third-order valence-electron chi connectivity index (χ3n) is 3.32.